The normalized spacial score (nSPS) is 74.6. The average Bonchev–Trinajstić information content (AvgIpc) is 2.96. The van der Waals surface area contributed by atoms with Crippen LogP contribution in [0.3, 0.4) is 0 Å². The van der Waals surface area contributed by atoms with E-state index in [1.165, 1.54) is 0 Å². The Morgan fingerprint density at radius 1 is 1.00 bits per heavy atom. The molecular weight excluding hydrogens is 352 g/mol. The number of alkyl halides is 2. The number of carbonyl (C=O) groups is 1. The highest BCUT2D eigenvalue weighted by atomic mass is 79.9. The Labute approximate surface area is 115 Å². The van der Waals surface area contributed by atoms with Gasteiger partial charge in [0.1, 0.15) is 0 Å². The Bertz CT molecular complexity index is 516. The molecule has 0 aromatic carbocycles. The van der Waals surface area contributed by atoms with Crippen molar-refractivity contribution in [2.45, 2.75) is 14.4 Å². The number of carbonyl (C=O) groups excluding carboxylic acids is 1. The third-order valence-electron chi connectivity index (χ3n) is 6.63. The van der Waals surface area contributed by atoms with Crippen molar-refractivity contribution in [3.8, 4) is 0 Å². The quantitative estimate of drug-likeness (QED) is 0.611. The van der Waals surface area contributed by atoms with E-state index in [0.717, 1.165) is 0 Å². The van der Waals surface area contributed by atoms with E-state index in [4.69, 9.17) is 9.47 Å². The number of ether oxygens (including phenoxy) is 2. The molecule has 1 spiro atoms. The molecule has 7 aliphatic rings. The number of ketones is 1. The van der Waals surface area contributed by atoms with E-state index in [-0.39, 0.29) is 14.6 Å². The Morgan fingerprint density at radius 3 is 2.24 bits per heavy atom. The highest BCUT2D eigenvalue weighted by molar-refractivity contribution is 9.10. The molecule has 4 bridgehead atoms. The van der Waals surface area contributed by atoms with Crippen molar-refractivity contribution in [3.05, 3.63) is 0 Å². The molecule has 7 rings (SSSR count). The molecule has 1 saturated heterocycles. The largest absolute Gasteiger partial charge is 0.346 e. The van der Waals surface area contributed by atoms with Crippen molar-refractivity contribution >= 4 is 37.6 Å². The van der Waals surface area contributed by atoms with E-state index < -0.39 is 5.79 Å². The SMILES string of the molecule is O=C1C2C3C4[C@@H]5C([C@H]2C5(Br)C32OCCO2)C14Br. The van der Waals surface area contributed by atoms with Crippen LogP contribution in [0.25, 0.3) is 0 Å². The first kappa shape index (κ1) is 9.45. The van der Waals surface area contributed by atoms with Gasteiger partial charge in [-0.05, 0) is 23.7 Å². The molecule has 5 heteroatoms. The molecule has 6 unspecified atom stereocenters. The van der Waals surface area contributed by atoms with Crippen LogP contribution in [0.15, 0.2) is 0 Å². The number of Topliss-reactive ketones (excluding diaryl/α,β-unsaturated/α-hetero) is 1. The van der Waals surface area contributed by atoms with Crippen molar-refractivity contribution in [2.24, 2.45) is 35.5 Å². The first-order valence-corrected chi connectivity index (χ1v) is 7.89. The lowest BCUT2D eigenvalue weighted by atomic mass is 9.40. The average molecular weight is 362 g/mol. The summed E-state index contributed by atoms with van der Waals surface area (Å²) in [4.78, 5) is 12.5. The molecule has 0 aromatic heterocycles. The molecular formula is C12H10Br2O3. The van der Waals surface area contributed by atoms with E-state index in [0.29, 0.717) is 48.6 Å². The summed E-state index contributed by atoms with van der Waals surface area (Å²) < 4.78 is 11.8. The van der Waals surface area contributed by atoms with E-state index in [1.807, 2.05) is 0 Å². The number of rotatable bonds is 0. The van der Waals surface area contributed by atoms with Crippen molar-refractivity contribution in [1.82, 2.24) is 0 Å². The minimum atomic E-state index is -0.476. The second-order valence-corrected chi connectivity index (χ2v) is 9.04. The summed E-state index contributed by atoms with van der Waals surface area (Å²) in [5.41, 5.74) is 0. The maximum Gasteiger partial charge on any atom is 0.188 e. The molecule has 0 radical (unpaired) electrons. The number of hydrogen-bond acceptors (Lipinski definition) is 3. The van der Waals surface area contributed by atoms with Crippen LogP contribution in [0.4, 0.5) is 0 Å². The van der Waals surface area contributed by atoms with Crippen LogP contribution in [0.5, 0.6) is 0 Å². The van der Waals surface area contributed by atoms with Crippen molar-refractivity contribution in [2.75, 3.05) is 13.2 Å². The zero-order valence-electron chi connectivity index (χ0n) is 8.86. The van der Waals surface area contributed by atoms with E-state index in [9.17, 15) is 4.79 Å². The lowest BCUT2D eigenvalue weighted by Gasteiger charge is -2.69. The highest BCUT2D eigenvalue weighted by Gasteiger charge is 3.04. The van der Waals surface area contributed by atoms with Crippen LogP contribution in [0, 0.1) is 35.5 Å². The van der Waals surface area contributed by atoms with Gasteiger partial charge in [-0.1, -0.05) is 31.9 Å². The molecule has 1 heterocycles. The monoisotopic (exact) mass is 360 g/mol. The molecule has 8 atom stereocenters. The van der Waals surface area contributed by atoms with Gasteiger partial charge in [-0.3, -0.25) is 4.79 Å². The summed E-state index contributed by atoms with van der Waals surface area (Å²) in [5, 5.41) is 0. The molecule has 17 heavy (non-hydrogen) atoms. The Hall–Kier alpha value is 0.550. The van der Waals surface area contributed by atoms with Gasteiger partial charge in [0, 0.05) is 11.8 Å². The van der Waals surface area contributed by atoms with Gasteiger partial charge in [0.25, 0.3) is 0 Å². The zero-order chi connectivity index (χ0) is 11.4. The van der Waals surface area contributed by atoms with Crippen molar-refractivity contribution in [1.29, 1.82) is 0 Å². The molecule has 1 aliphatic heterocycles. The second-order valence-electron chi connectivity index (χ2n) is 6.42. The summed E-state index contributed by atoms with van der Waals surface area (Å²) in [6.45, 7) is 1.35. The van der Waals surface area contributed by atoms with Crippen LogP contribution in [-0.4, -0.2) is 33.4 Å². The summed E-state index contributed by atoms with van der Waals surface area (Å²) in [6.07, 6.45) is 0. The molecule has 0 amide bonds. The van der Waals surface area contributed by atoms with Crippen molar-refractivity contribution < 1.29 is 14.3 Å². The third kappa shape index (κ3) is 0.514. The Balaban J connectivity index is 1.69. The van der Waals surface area contributed by atoms with Crippen LogP contribution in [0.2, 0.25) is 0 Å². The minimum absolute atomic E-state index is 0.0510. The van der Waals surface area contributed by atoms with Crippen LogP contribution in [0.1, 0.15) is 0 Å². The highest BCUT2D eigenvalue weighted by Crippen LogP contribution is 2.96. The lowest BCUT2D eigenvalue weighted by Crippen LogP contribution is -2.75. The summed E-state index contributed by atoms with van der Waals surface area (Å²) >= 11 is 7.73. The van der Waals surface area contributed by atoms with Gasteiger partial charge >= 0.3 is 0 Å². The minimum Gasteiger partial charge on any atom is -0.346 e. The second kappa shape index (κ2) is 2.11. The third-order valence-corrected chi connectivity index (χ3v) is 9.69. The van der Waals surface area contributed by atoms with Crippen LogP contribution < -0.4 is 0 Å². The first-order chi connectivity index (χ1) is 8.10. The van der Waals surface area contributed by atoms with Crippen LogP contribution >= 0.6 is 31.9 Å². The molecule has 7 fully saturated rings. The van der Waals surface area contributed by atoms with E-state index >= 15 is 0 Å². The summed E-state index contributed by atoms with van der Waals surface area (Å²) in [7, 11) is 0. The first-order valence-electron chi connectivity index (χ1n) is 6.30. The number of halogens is 2. The molecule has 6 saturated carbocycles. The maximum absolute atomic E-state index is 12.5. The summed E-state index contributed by atoms with van der Waals surface area (Å²) in [6, 6.07) is 0. The predicted octanol–water partition coefficient (Wildman–Crippen LogP) is 1.33. The van der Waals surface area contributed by atoms with Gasteiger partial charge in [-0.2, -0.15) is 0 Å². The standard InChI is InChI=1S/C12H10Br2O3/c13-10-6-4-3(9(10)15)5-7(10)8(6)11(4,14)12(5)16-1-2-17-12/h3-8H,1-2H2/t3?,4-,5?,6?,7?,8-,10?,11?/m0/s1. The van der Waals surface area contributed by atoms with Gasteiger partial charge < -0.3 is 9.47 Å². The predicted molar refractivity (Wildman–Crippen MR) is 63.9 cm³/mol. The molecule has 6 aliphatic carbocycles. The van der Waals surface area contributed by atoms with Gasteiger partial charge in [0.15, 0.2) is 11.6 Å². The van der Waals surface area contributed by atoms with Gasteiger partial charge in [0.2, 0.25) is 0 Å². The van der Waals surface area contributed by atoms with E-state index in [2.05, 4.69) is 31.9 Å². The topological polar surface area (TPSA) is 35.5 Å². The fourth-order valence-electron chi connectivity index (χ4n) is 6.58. The molecule has 0 aromatic rings. The Morgan fingerprint density at radius 2 is 1.65 bits per heavy atom. The van der Waals surface area contributed by atoms with Gasteiger partial charge in [-0.15, -0.1) is 0 Å². The fourth-order valence-corrected chi connectivity index (χ4v) is 9.62. The molecule has 0 N–H and O–H groups in total. The summed E-state index contributed by atoms with van der Waals surface area (Å²) in [5.74, 6) is 2.50. The van der Waals surface area contributed by atoms with Crippen LogP contribution in [-0.2, 0) is 14.3 Å². The number of hydrogen-bond donors (Lipinski definition) is 0. The van der Waals surface area contributed by atoms with Crippen molar-refractivity contribution in [3.63, 3.8) is 0 Å². The lowest BCUT2D eigenvalue weighted by molar-refractivity contribution is -0.199. The molecule has 90 valence electrons. The zero-order valence-corrected chi connectivity index (χ0v) is 12.0. The fraction of sp³-hybridized carbons (Fsp3) is 0.917. The Kier molecular flexibility index (Phi) is 1.17. The van der Waals surface area contributed by atoms with E-state index in [1.54, 1.807) is 0 Å². The smallest absolute Gasteiger partial charge is 0.188 e. The molecule has 3 nitrogen and oxygen atoms in total. The van der Waals surface area contributed by atoms with Gasteiger partial charge in [-0.25, -0.2) is 0 Å². The van der Waals surface area contributed by atoms with Gasteiger partial charge in [0.05, 0.1) is 21.9 Å². The maximum atomic E-state index is 12.5.